The zero-order valence-electron chi connectivity index (χ0n) is 54.8. The summed E-state index contributed by atoms with van der Waals surface area (Å²) in [5, 5.41) is 19.7. The van der Waals surface area contributed by atoms with Crippen LogP contribution in [0.3, 0.4) is 0 Å². The maximum Gasteiger partial charge on any atom is 0.412 e. The molecule has 3 aliphatic heterocycles. The third-order valence-electron chi connectivity index (χ3n) is 15.5. The monoisotopic (exact) mass is 1520 g/mol. The van der Waals surface area contributed by atoms with E-state index < -0.39 is 57.4 Å². The first kappa shape index (κ1) is 78.2. The van der Waals surface area contributed by atoms with Gasteiger partial charge in [0.2, 0.25) is 0 Å². The van der Waals surface area contributed by atoms with Crippen molar-refractivity contribution in [3.8, 4) is 5.75 Å². The van der Waals surface area contributed by atoms with Crippen molar-refractivity contribution in [2.75, 3.05) is 41.1 Å². The predicted octanol–water partition coefficient (Wildman–Crippen LogP) is 17.7. The van der Waals surface area contributed by atoms with E-state index in [0.29, 0.717) is 54.7 Å². The lowest BCUT2D eigenvalue weighted by Gasteiger charge is -2.17. The number of hydrazone groups is 2. The number of hydrogen-bond donors (Lipinski definition) is 3. The zero-order chi connectivity index (χ0) is 71.7. The van der Waals surface area contributed by atoms with Crippen LogP contribution in [0.15, 0.2) is 123 Å². The third kappa shape index (κ3) is 21.2. The summed E-state index contributed by atoms with van der Waals surface area (Å²) in [6.45, 7) is 13.3. The Kier molecular flexibility index (Phi) is 28.9. The Morgan fingerprint density at radius 3 is 1.83 bits per heavy atom. The number of hydrogen-bond acceptors (Lipinski definition) is 14. The SMILES string of the molecule is CCCCCCCCCCCCOC(=O)c1cccc(C(=O)NC2=NN(c3c(Cl)cc(Cl)cc3Cl)C(=O)C2C)c1.Cc1cc(OCCOC(=O)NC2=NN(c3ccc(S(C)(=O)=O)cc3Cl)C(=O)C2C)c(C)cc1Cl.Cc1ccc(Cl)c(N=C2NN(c3cc(Cl)ccc3Cl)C(=O)C2C)c1. The average molecular weight is 1520 g/mol. The molecule has 0 saturated carbocycles. The van der Waals surface area contributed by atoms with Gasteiger partial charge in [0.15, 0.2) is 9.84 Å². The van der Waals surface area contributed by atoms with Crippen molar-refractivity contribution in [3.63, 3.8) is 0 Å². The lowest BCUT2D eigenvalue weighted by atomic mass is 10.1. The molecular formula is C69H73Cl8N9O11S. The van der Waals surface area contributed by atoms with E-state index in [9.17, 15) is 37.2 Å². The second kappa shape index (κ2) is 36.2. The second-order valence-corrected chi connectivity index (χ2v) is 28.5. The number of rotatable bonds is 22. The number of halogens is 8. The number of hydrazine groups is 1. The molecule has 0 aliphatic carbocycles. The Morgan fingerprint density at radius 1 is 0.561 bits per heavy atom. The molecule has 0 radical (unpaired) electrons. The maximum atomic E-state index is 13.0. The summed E-state index contributed by atoms with van der Waals surface area (Å²) in [5.74, 6) is -2.64. The highest BCUT2D eigenvalue weighted by Gasteiger charge is 2.39. The van der Waals surface area contributed by atoms with E-state index in [2.05, 4.69) is 38.2 Å². The average Bonchev–Trinajstić information content (AvgIpc) is 1.64. The van der Waals surface area contributed by atoms with Crippen molar-refractivity contribution in [2.45, 2.75) is 118 Å². The Morgan fingerprint density at radius 2 is 1.17 bits per heavy atom. The van der Waals surface area contributed by atoms with Gasteiger partial charge >= 0.3 is 12.1 Å². The number of sulfone groups is 1. The number of alkyl carbamates (subject to hydrolysis) is 1. The molecule has 1 fully saturated rings. The summed E-state index contributed by atoms with van der Waals surface area (Å²) in [4.78, 5) is 80.3. The van der Waals surface area contributed by atoms with E-state index in [1.807, 2.05) is 32.9 Å². The molecule has 0 spiro atoms. The van der Waals surface area contributed by atoms with Gasteiger partial charge in [0, 0.05) is 26.9 Å². The van der Waals surface area contributed by atoms with Crippen molar-refractivity contribution in [1.29, 1.82) is 0 Å². The van der Waals surface area contributed by atoms with Gasteiger partial charge in [-0.3, -0.25) is 29.9 Å². The Hall–Kier alpha value is -7.18. The zero-order valence-corrected chi connectivity index (χ0v) is 61.7. The summed E-state index contributed by atoms with van der Waals surface area (Å²) in [6, 6.07) is 27.2. The molecule has 5 amide bonds. The van der Waals surface area contributed by atoms with Gasteiger partial charge in [-0.15, -0.1) is 0 Å². The number of nitrogens with zero attached hydrogens (tertiary/aromatic N) is 6. The molecule has 29 heteroatoms. The molecule has 3 atom stereocenters. The van der Waals surface area contributed by atoms with Crippen molar-refractivity contribution < 1.29 is 51.4 Å². The van der Waals surface area contributed by atoms with Gasteiger partial charge in [-0.25, -0.2) is 28.0 Å². The first-order chi connectivity index (χ1) is 46.5. The number of ether oxygens (including phenoxy) is 3. The highest BCUT2D eigenvalue weighted by atomic mass is 35.5. The van der Waals surface area contributed by atoms with Gasteiger partial charge < -0.3 is 19.5 Å². The number of nitrogens with one attached hydrogen (secondary N) is 3. The van der Waals surface area contributed by atoms with Crippen LogP contribution in [0.2, 0.25) is 40.2 Å². The molecule has 20 nitrogen and oxygen atoms in total. The van der Waals surface area contributed by atoms with Crippen LogP contribution in [-0.2, 0) is 33.7 Å². The number of aliphatic imine (C=N–C) groups is 1. The van der Waals surface area contributed by atoms with Gasteiger partial charge in [0.25, 0.3) is 23.6 Å². The van der Waals surface area contributed by atoms with Gasteiger partial charge in [0.1, 0.15) is 42.2 Å². The van der Waals surface area contributed by atoms with E-state index in [-0.39, 0.29) is 73.3 Å². The Balaban J connectivity index is 0.000000213. The highest BCUT2D eigenvalue weighted by Crippen LogP contribution is 2.40. The van der Waals surface area contributed by atoms with Crippen LogP contribution in [0.1, 0.15) is 129 Å². The van der Waals surface area contributed by atoms with Gasteiger partial charge in [-0.2, -0.15) is 20.2 Å². The Bertz CT molecular complexity index is 4170. The lowest BCUT2D eigenvalue weighted by molar-refractivity contribution is -0.120. The fourth-order valence-corrected chi connectivity index (χ4v) is 12.5. The van der Waals surface area contributed by atoms with E-state index >= 15 is 0 Å². The number of amidine groups is 3. The molecule has 522 valence electrons. The second-order valence-electron chi connectivity index (χ2n) is 23.2. The van der Waals surface area contributed by atoms with Gasteiger partial charge in [-0.05, 0) is 156 Å². The van der Waals surface area contributed by atoms with Crippen LogP contribution in [0.25, 0.3) is 0 Å². The molecule has 3 aliphatic rings. The fraction of sp³-hybridized carbons (Fsp3) is 0.348. The fourth-order valence-electron chi connectivity index (χ4n) is 9.84. The largest absolute Gasteiger partial charge is 0.490 e. The first-order valence-corrected chi connectivity index (χ1v) is 36.2. The summed E-state index contributed by atoms with van der Waals surface area (Å²) < 4.78 is 39.6. The molecule has 1 saturated heterocycles. The normalized spacial score (nSPS) is 16.2. The summed E-state index contributed by atoms with van der Waals surface area (Å²) in [7, 11) is -3.47. The van der Waals surface area contributed by atoms with Crippen LogP contribution in [-0.4, -0.2) is 87.7 Å². The van der Waals surface area contributed by atoms with E-state index in [1.54, 1.807) is 75.4 Å². The van der Waals surface area contributed by atoms with Crippen molar-refractivity contribution in [2.24, 2.45) is 32.9 Å². The highest BCUT2D eigenvalue weighted by molar-refractivity contribution is 7.90. The van der Waals surface area contributed by atoms with Crippen LogP contribution in [0.4, 0.5) is 27.5 Å². The number of unbranched alkanes of at least 4 members (excludes halogenated alkanes) is 9. The molecular weight excluding hydrogens is 1450 g/mol. The number of carbonyl (C=O) groups is 6. The minimum absolute atomic E-state index is 0.0121. The molecule has 0 bridgehead atoms. The Labute approximate surface area is 610 Å². The molecule has 3 heterocycles. The topological polar surface area (TPSA) is 247 Å². The van der Waals surface area contributed by atoms with E-state index in [4.69, 9.17) is 107 Å². The number of anilines is 3. The first-order valence-electron chi connectivity index (χ1n) is 31.3. The molecule has 6 aromatic rings. The van der Waals surface area contributed by atoms with Crippen molar-refractivity contribution in [1.82, 2.24) is 16.1 Å². The summed E-state index contributed by atoms with van der Waals surface area (Å²) >= 11 is 49.1. The third-order valence-corrected chi connectivity index (χ3v) is 19.0. The standard InChI is InChI=1S/C30H36Cl3N3O4.C22H23Cl2N3O6S.C17H14Cl3N3O/c1-3-4-5-6-7-8-9-10-11-12-16-40-30(39)22-15-13-14-21(17-22)28(37)34-27-20(2)29(38)36(35-27)26-24(32)18-23(31)19-25(26)33;1-12-10-19(13(2)9-16(12)23)32-7-8-33-22(29)25-20-14(3)21(28)27(26-20)18-6-5-15(11-17(18)24)34(4,30)31;1-9-3-5-12(19)14(7-9)21-16-10(2)17(24)23(22-16)15-8-11(18)4-6-13(15)20/h13-15,17-20H,3-12,16H2,1-2H3,(H,34,35,37);5-6,9-11,14H,7-8H2,1-4H3,(H,25,26,29);3-8,10H,1-2H3,(H,21,22). The van der Waals surface area contributed by atoms with Crippen molar-refractivity contribution in [3.05, 3.63) is 171 Å². The van der Waals surface area contributed by atoms with Crippen LogP contribution in [0, 0.1) is 38.5 Å². The smallest absolute Gasteiger partial charge is 0.412 e. The molecule has 3 N–H and O–H groups in total. The number of benzene rings is 6. The number of carbonyl (C=O) groups excluding carboxylic acids is 6. The van der Waals surface area contributed by atoms with Crippen LogP contribution < -0.4 is 35.8 Å². The minimum atomic E-state index is -3.47. The molecule has 9 rings (SSSR count). The maximum absolute atomic E-state index is 13.0. The van der Waals surface area contributed by atoms with Crippen LogP contribution in [0.5, 0.6) is 5.75 Å². The molecule has 3 unspecified atom stereocenters. The molecule has 0 aromatic heterocycles. The lowest BCUT2D eigenvalue weighted by Crippen LogP contribution is -2.36. The van der Waals surface area contributed by atoms with E-state index in [1.165, 1.54) is 86.4 Å². The minimum Gasteiger partial charge on any atom is -0.490 e. The molecule has 6 aromatic carbocycles. The number of aryl methyl sites for hydroxylation is 3. The summed E-state index contributed by atoms with van der Waals surface area (Å²) in [6.07, 6.45) is 12.2. The summed E-state index contributed by atoms with van der Waals surface area (Å²) in [5.41, 5.74) is 7.74. The van der Waals surface area contributed by atoms with Crippen LogP contribution >= 0.6 is 92.8 Å². The quantitative estimate of drug-likeness (QED) is 0.0424. The van der Waals surface area contributed by atoms with E-state index in [0.717, 1.165) is 52.2 Å². The predicted molar refractivity (Wildman–Crippen MR) is 391 cm³/mol. The van der Waals surface area contributed by atoms with Crippen molar-refractivity contribution >= 4 is 179 Å². The molecule has 98 heavy (non-hydrogen) atoms. The van der Waals surface area contributed by atoms with Gasteiger partial charge in [0.05, 0.1) is 77.0 Å². The number of amides is 5. The van der Waals surface area contributed by atoms with Gasteiger partial charge in [-0.1, -0.05) is 170 Å². The number of esters is 1.